The van der Waals surface area contributed by atoms with Crippen LogP contribution in [0, 0.1) is 17.3 Å². The summed E-state index contributed by atoms with van der Waals surface area (Å²) in [5, 5.41) is 12.0. The molecule has 80 valence electrons. The molecule has 2 aliphatic carbocycles. The van der Waals surface area contributed by atoms with Crippen LogP contribution in [0.15, 0.2) is 0 Å². The predicted molar refractivity (Wildman–Crippen MR) is 54.1 cm³/mol. The summed E-state index contributed by atoms with van der Waals surface area (Å²) in [6, 6.07) is 0. The molecule has 2 aliphatic rings. The third-order valence-corrected chi connectivity index (χ3v) is 3.68. The molecule has 3 nitrogen and oxygen atoms in total. The molecule has 14 heavy (non-hydrogen) atoms. The zero-order valence-electron chi connectivity index (χ0n) is 8.75. The van der Waals surface area contributed by atoms with Crippen molar-refractivity contribution in [1.29, 1.82) is 0 Å². The van der Waals surface area contributed by atoms with Crippen LogP contribution in [0.5, 0.6) is 0 Å². The van der Waals surface area contributed by atoms with Gasteiger partial charge in [0.05, 0.1) is 5.92 Å². The quantitative estimate of drug-likeness (QED) is 0.678. The van der Waals surface area contributed by atoms with E-state index in [1.54, 1.807) is 6.92 Å². The normalized spacial score (nSPS) is 25.8. The summed E-state index contributed by atoms with van der Waals surface area (Å²) in [7, 11) is 0. The van der Waals surface area contributed by atoms with Gasteiger partial charge in [-0.05, 0) is 37.0 Å². The average molecular weight is 197 g/mol. The molecular formula is C11H19NO2. The Kier molecular flexibility index (Phi) is 2.52. The molecule has 0 aromatic rings. The minimum Gasteiger partial charge on any atom is -0.481 e. The monoisotopic (exact) mass is 197 g/mol. The maximum Gasteiger partial charge on any atom is 0.307 e. The molecule has 2 N–H and O–H groups in total. The Morgan fingerprint density at radius 2 is 2.21 bits per heavy atom. The SMILES string of the molecule is CC(CNCC1(C2CC2)CC1)C(=O)O. The summed E-state index contributed by atoms with van der Waals surface area (Å²) in [6.07, 6.45) is 5.50. The van der Waals surface area contributed by atoms with Gasteiger partial charge in [-0.3, -0.25) is 4.79 Å². The minimum atomic E-state index is -0.700. The minimum absolute atomic E-state index is 0.259. The first-order chi connectivity index (χ1) is 6.64. The van der Waals surface area contributed by atoms with Crippen LogP contribution in [-0.2, 0) is 4.79 Å². The lowest BCUT2D eigenvalue weighted by Gasteiger charge is -2.16. The topological polar surface area (TPSA) is 49.3 Å². The predicted octanol–water partition coefficient (Wildman–Crippen LogP) is 1.49. The standard InChI is InChI=1S/C11H19NO2/c1-8(10(13)14)6-12-7-11(4-5-11)9-2-3-9/h8-9,12H,2-7H2,1H3,(H,13,14). The van der Waals surface area contributed by atoms with E-state index in [0.717, 1.165) is 12.5 Å². The van der Waals surface area contributed by atoms with Crippen molar-refractivity contribution >= 4 is 5.97 Å². The van der Waals surface area contributed by atoms with Gasteiger partial charge in [0.1, 0.15) is 0 Å². The molecule has 0 bridgehead atoms. The summed E-state index contributed by atoms with van der Waals surface area (Å²) in [6.45, 7) is 3.41. The van der Waals surface area contributed by atoms with Crippen molar-refractivity contribution in [2.24, 2.45) is 17.3 Å². The van der Waals surface area contributed by atoms with E-state index in [-0.39, 0.29) is 5.92 Å². The van der Waals surface area contributed by atoms with Gasteiger partial charge in [0.25, 0.3) is 0 Å². The van der Waals surface area contributed by atoms with Crippen LogP contribution in [0.25, 0.3) is 0 Å². The zero-order chi connectivity index (χ0) is 10.2. The fourth-order valence-electron chi connectivity index (χ4n) is 2.21. The van der Waals surface area contributed by atoms with Gasteiger partial charge < -0.3 is 10.4 Å². The number of hydrogen-bond donors (Lipinski definition) is 2. The van der Waals surface area contributed by atoms with Gasteiger partial charge in [0.2, 0.25) is 0 Å². The molecule has 0 saturated heterocycles. The number of aliphatic carboxylic acids is 1. The summed E-state index contributed by atoms with van der Waals surface area (Å²) in [5.41, 5.74) is 0.582. The van der Waals surface area contributed by atoms with Crippen molar-refractivity contribution < 1.29 is 9.90 Å². The Labute approximate surface area is 84.9 Å². The number of carboxylic acids is 1. The Morgan fingerprint density at radius 3 is 2.64 bits per heavy atom. The van der Waals surface area contributed by atoms with Gasteiger partial charge in [-0.15, -0.1) is 0 Å². The van der Waals surface area contributed by atoms with E-state index in [2.05, 4.69) is 5.32 Å². The van der Waals surface area contributed by atoms with Gasteiger partial charge in [-0.1, -0.05) is 6.92 Å². The van der Waals surface area contributed by atoms with Crippen molar-refractivity contribution in [2.45, 2.75) is 32.6 Å². The van der Waals surface area contributed by atoms with Crippen molar-refractivity contribution in [1.82, 2.24) is 5.32 Å². The van der Waals surface area contributed by atoms with Crippen LogP contribution in [0.2, 0.25) is 0 Å². The highest BCUT2D eigenvalue weighted by atomic mass is 16.4. The van der Waals surface area contributed by atoms with Crippen LogP contribution in [-0.4, -0.2) is 24.2 Å². The molecule has 3 heteroatoms. The van der Waals surface area contributed by atoms with Gasteiger partial charge in [-0.25, -0.2) is 0 Å². The van der Waals surface area contributed by atoms with Crippen LogP contribution in [0.3, 0.4) is 0 Å². The van der Waals surface area contributed by atoms with E-state index in [4.69, 9.17) is 5.11 Å². The Bertz CT molecular complexity index is 231. The summed E-state index contributed by atoms with van der Waals surface area (Å²) in [5.74, 6) is -0.00564. The molecule has 1 unspecified atom stereocenters. The first kappa shape index (κ1) is 9.97. The summed E-state index contributed by atoms with van der Waals surface area (Å²) in [4.78, 5) is 10.6. The second kappa shape index (κ2) is 3.54. The van der Waals surface area contributed by atoms with E-state index in [9.17, 15) is 4.79 Å². The Hall–Kier alpha value is -0.570. The van der Waals surface area contributed by atoms with E-state index >= 15 is 0 Å². The highest BCUT2D eigenvalue weighted by Gasteiger charge is 2.53. The molecule has 0 aliphatic heterocycles. The van der Waals surface area contributed by atoms with Crippen LogP contribution in [0.4, 0.5) is 0 Å². The molecular weight excluding hydrogens is 178 g/mol. The third kappa shape index (κ3) is 2.08. The molecule has 0 aromatic heterocycles. The van der Waals surface area contributed by atoms with E-state index in [1.807, 2.05) is 0 Å². The number of hydrogen-bond acceptors (Lipinski definition) is 2. The third-order valence-electron chi connectivity index (χ3n) is 3.68. The number of rotatable bonds is 6. The maximum absolute atomic E-state index is 10.6. The van der Waals surface area contributed by atoms with Crippen molar-refractivity contribution in [3.05, 3.63) is 0 Å². The van der Waals surface area contributed by atoms with E-state index in [0.29, 0.717) is 12.0 Å². The second-order valence-corrected chi connectivity index (χ2v) is 5.01. The van der Waals surface area contributed by atoms with Crippen molar-refractivity contribution in [3.63, 3.8) is 0 Å². The highest BCUT2D eigenvalue weighted by Crippen LogP contribution is 2.60. The molecule has 0 spiro atoms. The molecule has 2 fully saturated rings. The van der Waals surface area contributed by atoms with Crippen molar-refractivity contribution in [2.75, 3.05) is 13.1 Å². The maximum atomic E-state index is 10.6. The fourth-order valence-corrected chi connectivity index (χ4v) is 2.21. The summed E-state index contributed by atoms with van der Waals surface area (Å²) < 4.78 is 0. The van der Waals surface area contributed by atoms with Gasteiger partial charge in [0.15, 0.2) is 0 Å². The largest absolute Gasteiger partial charge is 0.481 e. The van der Waals surface area contributed by atoms with Gasteiger partial charge in [0, 0.05) is 13.1 Å². The Balaban J connectivity index is 1.65. The molecule has 0 amide bonds. The van der Waals surface area contributed by atoms with Crippen LogP contribution >= 0.6 is 0 Å². The molecule has 0 heterocycles. The lowest BCUT2D eigenvalue weighted by atomic mass is 10.0. The van der Waals surface area contributed by atoms with Crippen molar-refractivity contribution in [3.8, 4) is 0 Å². The smallest absolute Gasteiger partial charge is 0.307 e. The average Bonchev–Trinajstić information content (AvgIpc) is 2.98. The zero-order valence-corrected chi connectivity index (χ0v) is 8.75. The second-order valence-electron chi connectivity index (χ2n) is 5.01. The first-order valence-corrected chi connectivity index (χ1v) is 5.57. The van der Waals surface area contributed by atoms with Crippen LogP contribution < -0.4 is 5.32 Å². The van der Waals surface area contributed by atoms with E-state index in [1.165, 1.54) is 25.7 Å². The summed E-state index contributed by atoms with van der Waals surface area (Å²) >= 11 is 0. The van der Waals surface area contributed by atoms with Gasteiger partial charge in [-0.2, -0.15) is 0 Å². The fraction of sp³-hybridized carbons (Fsp3) is 0.909. The molecule has 0 aromatic carbocycles. The number of carbonyl (C=O) groups is 1. The van der Waals surface area contributed by atoms with Crippen LogP contribution in [0.1, 0.15) is 32.6 Å². The molecule has 2 saturated carbocycles. The molecule has 2 rings (SSSR count). The lowest BCUT2D eigenvalue weighted by molar-refractivity contribution is -0.140. The lowest BCUT2D eigenvalue weighted by Crippen LogP contribution is -2.31. The van der Waals surface area contributed by atoms with Gasteiger partial charge >= 0.3 is 5.97 Å². The number of nitrogens with one attached hydrogen (secondary N) is 1. The highest BCUT2D eigenvalue weighted by molar-refractivity contribution is 5.69. The molecule has 1 atom stereocenters. The molecule has 0 radical (unpaired) electrons. The number of carboxylic acid groups (broad SMARTS) is 1. The van der Waals surface area contributed by atoms with E-state index < -0.39 is 5.97 Å². The first-order valence-electron chi connectivity index (χ1n) is 5.57. The Morgan fingerprint density at radius 1 is 1.57 bits per heavy atom.